The van der Waals surface area contributed by atoms with Crippen molar-refractivity contribution in [3.8, 4) is 0 Å². The summed E-state index contributed by atoms with van der Waals surface area (Å²) >= 11 is 5.93. The van der Waals surface area contributed by atoms with Crippen molar-refractivity contribution in [1.82, 2.24) is 5.32 Å². The Hall–Kier alpha value is -1.22. The van der Waals surface area contributed by atoms with Gasteiger partial charge in [-0.1, -0.05) is 23.7 Å². The minimum absolute atomic E-state index is 0.409. The SMILES string of the molecule is CN=C(N)N[C@@H]1C[C@H]1c1cccc(Cl)c1. The Balaban J connectivity index is 1.99. The summed E-state index contributed by atoms with van der Waals surface area (Å²) in [6.07, 6.45) is 1.09. The van der Waals surface area contributed by atoms with Gasteiger partial charge in [0.15, 0.2) is 5.96 Å². The average Bonchev–Trinajstić information content (AvgIpc) is 2.97. The van der Waals surface area contributed by atoms with Gasteiger partial charge in [-0.3, -0.25) is 4.99 Å². The van der Waals surface area contributed by atoms with Gasteiger partial charge in [-0.05, 0) is 24.1 Å². The molecule has 0 aromatic heterocycles. The van der Waals surface area contributed by atoms with Gasteiger partial charge in [-0.25, -0.2) is 0 Å². The van der Waals surface area contributed by atoms with E-state index in [1.165, 1.54) is 5.56 Å². The quantitative estimate of drug-likeness (QED) is 0.593. The molecule has 80 valence electrons. The van der Waals surface area contributed by atoms with E-state index in [9.17, 15) is 0 Å². The maximum atomic E-state index is 5.93. The number of nitrogens with zero attached hydrogens (tertiary/aromatic N) is 1. The first-order chi connectivity index (χ1) is 7.20. The molecule has 0 spiro atoms. The maximum Gasteiger partial charge on any atom is 0.188 e. The summed E-state index contributed by atoms with van der Waals surface area (Å²) in [6.45, 7) is 0. The Labute approximate surface area is 94.3 Å². The van der Waals surface area contributed by atoms with Gasteiger partial charge in [0.1, 0.15) is 0 Å². The normalized spacial score (nSPS) is 25.1. The highest BCUT2D eigenvalue weighted by Crippen LogP contribution is 2.41. The van der Waals surface area contributed by atoms with Gasteiger partial charge >= 0.3 is 0 Å². The Bertz CT molecular complexity index is 389. The zero-order chi connectivity index (χ0) is 10.8. The molecule has 3 N–H and O–H groups in total. The maximum absolute atomic E-state index is 5.93. The monoisotopic (exact) mass is 223 g/mol. The van der Waals surface area contributed by atoms with Crippen LogP contribution in [0.1, 0.15) is 17.9 Å². The third-order valence-corrected chi connectivity index (χ3v) is 2.88. The van der Waals surface area contributed by atoms with Crippen LogP contribution >= 0.6 is 11.6 Å². The van der Waals surface area contributed by atoms with Crippen molar-refractivity contribution in [2.24, 2.45) is 10.7 Å². The molecule has 1 aromatic carbocycles. The Morgan fingerprint density at radius 3 is 3.07 bits per heavy atom. The summed E-state index contributed by atoms with van der Waals surface area (Å²) < 4.78 is 0. The Morgan fingerprint density at radius 2 is 2.40 bits per heavy atom. The van der Waals surface area contributed by atoms with Crippen molar-refractivity contribution < 1.29 is 0 Å². The molecule has 1 saturated carbocycles. The van der Waals surface area contributed by atoms with Gasteiger partial charge in [0, 0.05) is 24.0 Å². The van der Waals surface area contributed by atoms with Crippen molar-refractivity contribution in [1.29, 1.82) is 0 Å². The number of guanidine groups is 1. The number of hydrogen-bond donors (Lipinski definition) is 2. The molecule has 0 amide bonds. The van der Waals surface area contributed by atoms with E-state index in [4.69, 9.17) is 17.3 Å². The molecule has 0 heterocycles. The summed E-state index contributed by atoms with van der Waals surface area (Å²) in [5.41, 5.74) is 6.86. The predicted molar refractivity (Wildman–Crippen MR) is 63.3 cm³/mol. The molecule has 3 nitrogen and oxygen atoms in total. The van der Waals surface area contributed by atoms with E-state index in [1.54, 1.807) is 7.05 Å². The predicted octanol–water partition coefficient (Wildman–Crippen LogP) is 1.73. The van der Waals surface area contributed by atoms with E-state index in [1.807, 2.05) is 18.2 Å². The first-order valence-electron chi connectivity index (χ1n) is 4.95. The molecule has 2 rings (SSSR count). The minimum atomic E-state index is 0.409. The molecular weight excluding hydrogens is 210 g/mol. The van der Waals surface area contributed by atoms with Gasteiger partial charge in [0.25, 0.3) is 0 Å². The molecule has 0 bridgehead atoms. The van der Waals surface area contributed by atoms with Crippen LogP contribution in [0.15, 0.2) is 29.3 Å². The number of aliphatic imine (C=N–C) groups is 1. The van der Waals surface area contributed by atoms with Crippen molar-refractivity contribution in [2.75, 3.05) is 7.05 Å². The fourth-order valence-corrected chi connectivity index (χ4v) is 1.91. The lowest BCUT2D eigenvalue weighted by Gasteiger charge is -2.04. The second kappa shape index (κ2) is 4.11. The lowest BCUT2D eigenvalue weighted by Crippen LogP contribution is -2.33. The molecule has 0 radical (unpaired) electrons. The minimum Gasteiger partial charge on any atom is -0.370 e. The molecular formula is C11H14ClN3. The Morgan fingerprint density at radius 1 is 1.60 bits per heavy atom. The molecule has 1 aromatic rings. The van der Waals surface area contributed by atoms with Crippen LogP contribution in [0.5, 0.6) is 0 Å². The molecule has 1 aliphatic carbocycles. The highest BCUT2D eigenvalue weighted by molar-refractivity contribution is 6.30. The zero-order valence-corrected chi connectivity index (χ0v) is 9.33. The third-order valence-electron chi connectivity index (χ3n) is 2.64. The standard InChI is InChI=1S/C11H14ClN3/c1-14-11(13)15-10-6-9(10)7-3-2-4-8(12)5-7/h2-5,9-10H,6H2,1H3,(H3,13,14,15)/t9-,10+/m0/s1. The van der Waals surface area contributed by atoms with Gasteiger partial charge in [-0.2, -0.15) is 0 Å². The summed E-state index contributed by atoms with van der Waals surface area (Å²) in [4.78, 5) is 3.87. The van der Waals surface area contributed by atoms with Crippen molar-refractivity contribution >= 4 is 17.6 Å². The van der Waals surface area contributed by atoms with Crippen LogP contribution in [0.2, 0.25) is 5.02 Å². The molecule has 0 aliphatic heterocycles. The van der Waals surface area contributed by atoms with E-state index >= 15 is 0 Å². The fraction of sp³-hybridized carbons (Fsp3) is 0.364. The summed E-state index contributed by atoms with van der Waals surface area (Å²) in [6, 6.07) is 8.37. The van der Waals surface area contributed by atoms with Gasteiger partial charge in [0.2, 0.25) is 0 Å². The van der Waals surface area contributed by atoms with Crippen molar-refractivity contribution in [2.45, 2.75) is 18.4 Å². The molecule has 1 aliphatic rings. The highest BCUT2D eigenvalue weighted by Gasteiger charge is 2.38. The highest BCUT2D eigenvalue weighted by atomic mass is 35.5. The largest absolute Gasteiger partial charge is 0.370 e. The van der Waals surface area contributed by atoms with Crippen LogP contribution in [-0.2, 0) is 0 Å². The second-order valence-electron chi connectivity index (χ2n) is 3.76. The molecule has 1 fully saturated rings. The number of rotatable bonds is 2. The van der Waals surface area contributed by atoms with Crippen LogP contribution in [0.25, 0.3) is 0 Å². The molecule has 15 heavy (non-hydrogen) atoms. The lowest BCUT2D eigenvalue weighted by atomic mass is 10.1. The van der Waals surface area contributed by atoms with E-state index in [2.05, 4.69) is 16.4 Å². The van der Waals surface area contributed by atoms with E-state index in [-0.39, 0.29) is 0 Å². The second-order valence-corrected chi connectivity index (χ2v) is 4.19. The van der Waals surface area contributed by atoms with Gasteiger partial charge in [0.05, 0.1) is 0 Å². The van der Waals surface area contributed by atoms with E-state index in [0.29, 0.717) is 17.9 Å². The number of nitrogens with two attached hydrogens (primary N) is 1. The summed E-state index contributed by atoms with van der Waals surface area (Å²) in [5.74, 6) is 1.02. The summed E-state index contributed by atoms with van der Waals surface area (Å²) in [5, 5.41) is 3.94. The van der Waals surface area contributed by atoms with Crippen molar-refractivity contribution in [3.05, 3.63) is 34.9 Å². The van der Waals surface area contributed by atoms with Gasteiger partial charge < -0.3 is 11.1 Å². The number of benzene rings is 1. The number of hydrogen-bond acceptors (Lipinski definition) is 1. The topological polar surface area (TPSA) is 50.4 Å². The lowest BCUT2D eigenvalue weighted by molar-refractivity contribution is 0.857. The van der Waals surface area contributed by atoms with E-state index < -0.39 is 0 Å². The number of nitrogens with one attached hydrogen (secondary N) is 1. The molecule has 0 saturated heterocycles. The van der Waals surface area contributed by atoms with Crippen LogP contribution in [0.4, 0.5) is 0 Å². The van der Waals surface area contributed by atoms with Crippen LogP contribution in [-0.4, -0.2) is 19.0 Å². The van der Waals surface area contributed by atoms with Crippen LogP contribution in [0.3, 0.4) is 0 Å². The number of halogens is 1. The Kier molecular flexibility index (Phi) is 2.82. The summed E-state index contributed by atoms with van der Waals surface area (Å²) in [7, 11) is 1.68. The van der Waals surface area contributed by atoms with Gasteiger partial charge in [-0.15, -0.1) is 0 Å². The third kappa shape index (κ3) is 2.42. The molecule has 0 unspecified atom stereocenters. The molecule has 2 atom stereocenters. The van der Waals surface area contributed by atoms with Crippen molar-refractivity contribution in [3.63, 3.8) is 0 Å². The van der Waals surface area contributed by atoms with E-state index in [0.717, 1.165) is 11.4 Å². The van der Waals surface area contributed by atoms with Crippen LogP contribution in [0, 0.1) is 0 Å². The van der Waals surface area contributed by atoms with Crippen LogP contribution < -0.4 is 11.1 Å². The first kappa shape index (κ1) is 10.3. The molecule has 4 heteroatoms. The first-order valence-corrected chi connectivity index (χ1v) is 5.32. The smallest absolute Gasteiger partial charge is 0.188 e. The zero-order valence-electron chi connectivity index (χ0n) is 8.57. The average molecular weight is 224 g/mol. The fourth-order valence-electron chi connectivity index (χ4n) is 1.71.